The number of rotatable bonds is 5. The van der Waals surface area contributed by atoms with Crippen molar-refractivity contribution in [2.75, 3.05) is 13.7 Å². The first kappa shape index (κ1) is 16.4. The molecule has 4 heteroatoms. The average molecular weight is 271 g/mol. The van der Waals surface area contributed by atoms with Gasteiger partial charge in [-0.3, -0.25) is 4.79 Å². The molecule has 0 heterocycles. The Balaban J connectivity index is 2.47. The van der Waals surface area contributed by atoms with Gasteiger partial charge in [-0.25, -0.2) is 0 Å². The largest absolute Gasteiger partial charge is 0.462 e. The lowest BCUT2D eigenvalue weighted by Gasteiger charge is -2.30. The minimum atomic E-state index is -0.192. The summed E-state index contributed by atoms with van der Waals surface area (Å²) in [4.78, 5) is 12.2. The minimum Gasteiger partial charge on any atom is -0.462 e. The van der Waals surface area contributed by atoms with E-state index in [1.807, 2.05) is 0 Å². The Bertz CT molecular complexity index is 286. The van der Waals surface area contributed by atoms with E-state index in [0.717, 1.165) is 32.1 Å². The van der Waals surface area contributed by atoms with Gasteiger partial charge in [0.1, 0.15) is 6.10 Å². The molecule has 3 unspecified atom stereocenters. The van der Waals surface area contributed by atoms with Gasteiger partial charge < -0.3 is 15.2 Å². The van der Waals surface area contributed by atoms with E-state index >= 15 is 0 Å². The van der Waals surface area contributed by atoms with Crippen molar-refractivity contribution >= 4 is 5.97 Å². The predicted molar refractivity (Wildman–Crippen MR) is 75.8 cm³/mol. The third-order valence-electron chi connectivity index (χ3n) is 3.67. The summed E-state index contributed by atoms with van der Waals surface area (Å²) in [5.74, 6) is -0.331. The van der Waals surface area contributed by atoms with Gasteiger partial charge in [-0.2, -0.15) is 0 Å². The van der Waals surface area contributed by atoms with Gasteiger partial charge in [-0.15, -0.1) is 0 Å². The molecule has 0 saturated heterocycles. The Kier molecular flexibility index (Phi) is 6.27. The number of nitrogens with two attached hydrogens (primary N) is 1. The molecule has 1 rings (SSSR count). The number of methoxy groups -OCH3 is 1. The van der Waals surface area contributed by atoms with E-state index in [0.29, 0.717) is 6.54 Å². The van der Waals surface area contributed by atoms with Gasteiger partial charge in [0.2, 0.25) is 0 Å². The summed E-state index contributed by atoms with van der Waals surface area (Å²) < 4.78 is 11.0. The molecule has 0 spiro atoms. The van der Waals surface area contributed by atoms with E-state index in [4.69, 9.17) is 15.2 Å². The van der Waals surface area contributed by atoms with Crippen molar-refractivity contribution in [1.29, 1.82) is 0 Å². The predicted octanol–water partition coefficient (Wildman–Crippen LogP) is 2.50. The zero-order valence-corrected chi connectivity index (χ0v) is 12.8. The molecule has 2 N–H and O–H groups in total. The standard InChI is InChI=1S/C15H29NO3/c1-15(2,3)9-11(10-16)14(17)19-13-7-5-6-12(8-13)18-4/h11-13H,5-10,16H2,1-4H3. The fraction of sp³-hybridized carbons (Fsp3) is 0.933. The number of carbonyl (C=O) groups excluding carboxylic acids is 1. The highest BCUT2D eigenvalue weighted by molar-refractivity contribution is 5.73. The molecule has 1 saturated carbocycles. The van der Waals surface area contributed by atoms with Crippen molar-refractivity contribution in [3.63, 3.8) is 0 Å². The normalized spacial score (nSPS) is 25.9. The summed E-state index contributed by atoms with van der Waals surface area (Å²) in [5, 5.41) is 0. The molecule has 0 radical (unpaired) electrons. The van der Waals surface area contributed by atoms with Crippen LogP contribution in [0, 0.1) is 11.3 Å². The number of hydrogen-bond acceptors (Lipinski definition) is 4. The first-order valence-corrected chi connectivity index (χ1v) is 7.29. The second-order valence-corrected chi connectivity index (χ2v) is 6.78. The zero-order valence-electron chi connectivity index (χ0n) is 12.8. The molecule has 4 nitrogen and oxygen atoms in total. The Morgan fingerprint density at radius 2 is 1.95 bits per heavy atom. The van der Waals surface area contributed by atoms with Crippen molar-refractivity contribution in [2.45, 2.75) is 65.1 Å². The number of ether oxygens (including phenoxy) is 2. The van der Waals surface area contributed by atoms with Gasteiger partial charge in [0.25, 0.3) is 0 Å². The lowest BCUT2D eigenvalue weighted by molar-refractivity contribution is -0.158. The summed E-state index contributed by atoms with van der Waals surface area (Å²) in [6.45, 7) is 6.70. The molecule has 0 aromatic heterocycles. The molecule has 0 aromatic carbocycles. The minimum absolute atomic E-state index is 0.000202. The van der Waals surface area contributed by atoms with E-state index in [1.54, 1.807) is 7.11 Å². The van der Waals surface area contributed by atoms with E-state index in [-0.39, 0.29) is 29.5 Å². The van der Waals surface area contributed by atoms with Gasteiger partial charge in [-0.1, -0.05) is 20.8 Å². The Labute approximate surface area is 117 Å². The monoisotopic (exact) mass is 271 g/mol. The smallest absolute Gasteiger partial charge is 0.310 e. The van der Waals surface area contributed by atoms with Crippen LogP contribution in [0.15, 0.2) is 0 Å². The highest BCUT2D eigenvalue weighted by Crippen LogP contribution is 2.27. The third-order valence-corrected chi connectivity index (χ3v) is 3.67. The van der Waals surface area contributed by atoms with Crippen LogP contribution in [0.1, 0.15) is 52.9 Å². The zero-order chi connectivity index (χ0) is 14.5. The lowest BCUT2D eigenvalue weighted by Crippen LogP contribution is -2.35. The van der Waals surface area contributed by atoms with Gasteiger partial charge >= 0.3 is 5.97 Å². The number of esters is 1. The lowest BCUT2D eigenvalue weighted by atomic mass is 9.84. The number of carbonyl (C=O) groups is 1. The van der Waals surface area contributed by atoms with Crippen molar-refractivity contribution in [3.05, 3.63) is 0 Å². The molecule has 0 aliphatic heterocycles. The molecular weight excluding hydrogens is 242 g/mol. The topological polar surface area (TPSA) is 61.5 Å². The molecule has 0 bridgehead atoms. The molecule has 3 atom stereocenters. The van der Waals surface area contributed by atoms with Crippen molar-refractivity contribution in [1.82, 2.24) is 0 Å². The molecule has 0 amide bonds. The fourth-order valence-corrected chi connectivity index (χ4v) is 2.69. The fourth-order valence-electron chi connectivity index (χ4n) is 2.69. The highest BCUT2D eigenvalue weighted by Gasteiger charge is 2.29. The first-order valence-electron chi connectivity index (χ1n) is 7.29. The summed E-state index contributed by atoms with van der Waals surface area (Å²) >= 11 is 0. The quantitative estimate of drug-likeness (QED) is 0.780. The maximum Gasteiger partial charge on any atom is 0.310 e. The summed E-state index contributed by atoms with van der Waals surface area (Å²) in [5.41, 5.74) is 5.80. The van der Waals surface area contributed by atoms with Gasteiger partial charge in [-0.05, 0) is 31.1 Å². The van der Waals surface area contributed by atoms with Crippen LogP contribution in [0.5, 0.6) is 0 Å². The second kappa shape index (κ2) is 7.25. The maximum atomic E-state index is 12.2. The first-order chi connectivity index (χ1) is 8.85. The van der Waals surface area contributed by atoms with Crippen LogP contribution in [0.4, 0.5) is 0 Å². The van der Waals surface area contributed by atoms with E-state index in [2.05, 4.69) is 20.8 Å². The van der Waals surface area contributed by atoms with Crippen LogP contribution >= 0.6 is 0 Å². The SMILES string of the molecule is COC1CCCC(OC(=O)C(CN)CC(C)(C)C)C1. The van der Waals surface area contributed by atoms with Crippen LogP contribution in [-0.4, -0.2) is 31.8 Å². The summed E-state index contributed by atoms with van der Waals surface area (Å²) in [6.07, 6.45) is 4.87. The molecule has 1 aliphatic rings. The molecule has 19 heavy (non-hydrogen) atoms. The van der Waals surface area contributed by atoms with Crippen LogP contribution < -0.4 is 5.73 Å². The molecular formula is C15H29NO3. The molecule has 112 valence electrons. The maximum absolute atomic E-state index is 12.2. The second-order valence-electron chi connectivity index (χ2n) is 6.78. The van der Waals surface area contributed by atoms with Crippen molar-refractivity contribution < 1.29 is 14.3 Å². The van der Waals surface area contributed by atoms with Gasteiger partial charge in [0.15, 0.2) is 0 Å². The Morgan fingerprint density at radius 3 is 2.47 bits per heavy atom. The summed E-state index contributed by atoms with van der Waals surface area (Å²) in [7, 11) is 1.72. The van der Waals surface area contributed by atoms with E-state index < -0.39 is 0 Å². The van der Waals surface area contributed by atoms with Crippen LogP contribution in [0.3, 0.4) is 0 Å². The third kappa shape index (κ3) is 5.91. The molecule has 1 fully saturated rings. The Morgan fingerprint density at radius 1 is 1.32 bits per heavy atom. The summed E-state index contributed by atoms with van der Waals surface area (Å²) in [6, 6.07) is 0. The van der Waals surface area contributed by atoms with Crippen LogP contribution in [-0.2, 0) is 14.3 Å². The van der Waals surface area contributed by atoms with Gasteiger partial charge in [0, 0.05) is 20.1 Å². The molecule has 1 aliphatic carbocycles. The molecule has 0 aromatic rings. The van der Waals surface area contributed by atoms with E-state index in [9.17, 15) is 4.79 Å². The van der Waals surface area contributed by atoms with Gasteiger partial charge in [0.05, 0.1) is 12.0 Å². The Hall–Kier alpha value is -0.610. The van der Waals surface area contributed by atoms with Crippen LogP contribution in [0.2, 0.25) is 0 Å². The van der Waals surface area contributed by atoms with E-state index in [1.165, 1.54) is 0 Å². The van der Waals surface area contributed by atoms with Crippen molar-refractivity contribution in [3.8, 4) is 0 Å². The van der Waals surface area contributed by atoms with Crippen molar-refractivity contribution in [2.24, 2.45) is 17.1 Å². The van der Waals surface area contributed by atoms with Crippen LogP contribution in [0.25, 0.3) is 0 Å². The number of hydrogen-bond donors (Lipinski definition) is 1. The highest BCUT2D eigenvalue weighted by atomic mass is 16.5. The average Bonchev–Trinajstić information content (AvgIpc) is 2.35.